The van der Waals surface area contributed by atoms with Crippen molar-refractivity contribution < 1.29 is 74.7 Å². The Labute approximate surface area is 236 Å². The molecular weight excluding hydrogens is 552 g/mol. The normalized spacial score (nSPS) is 54.9. The maximum atomic E-state index is 11.0. The molecule has 238 valence electrons. The van der Waals surface area contributed by atoms with Gasteiger partial charge in [0.2, 0.25) is 0 Å². The molecule has 3 aliphatic heterocycles. The van der Waals surface area contributed by atoms with Crippen LogP contribution < -0.4 is 0 Å². The zero-order valence-corrected chi connectivity index (χ0v) is 22.6. The first-order valence-corrected chi connectivity index (χ1v) is 14.5. The van der Waals surface area contributed by atoms with Gasteiger partial charge in [-0.3, -0.25) is 0 Å². The molecule has 0 bridgehead atoms. The number of hydrogen-bond donors (Lipinski definition) is 10. The first-order valence-electron chi connectivity index (χ1n) is 14.5. The van der Waals surface area contributed by atoms with Gasteiger partial charge in [-0.15, -0.1) is 0 Å². The van der Waals surface area contributed by atoms with Crippen molar-refractivity contribution in [2.24, 2.45) is 11.8 Å². The highest BCUT2D eigenvalue weighted by molar-refractivity contribution is 4.99. The van der Waals surface area contributed by atoms with Crippen molar-refractivity contribution in [1.82, 2.24) is 0 Å². The van der Waals surface area contributed by atoms with E-state index in [2.05, 4.69) is 0 Å². The molecule has 0 aromatic carbocycles. The Morgan fingerprint density at radius 1 is 0.683 bits per heavy atom. The van der Waals surface area contributed by atoms with Crippen molar-refractivity contribution in [3.05, 3.63) is 0 Å². The highest BCUT2D eigenvalue weighted by Gasteiger charge is 2.55. The second kappa shape index (κ2) is 13.2. The lowest BCUT2D eigenvalue weighted by Crippen LogP contribution is -2.65. The Balaban J connectivity index is 1.30. The van der Waals surface area contributed by atoms with Gasteiger partial charge in [0.05, 0.1) is 43.5 Å². The number of ether oxygens (including phenoxy) is 5. The number of rotatable bonds is 6. The minimum Gasteiger partial charge on any atom is -0.427 e. The lowest BCUT2D eigenvalue weighted by atomic mass is 9.72. The van der Waals surface area contributed by atoms with Gasteiger partial charge < -0.3 is 74.7 Å². The number of aliphatic hydroxyl groups excluding tert-OH is 10. The lowest BCUT2D eigenvalue weighted by molar-refractivity contribution is -0.373. The van der Waals surface area contributed by atoms with Crippen molar-refractivity contribution in [2.45, 2.75) is 137 Å². The molecule has 3 heterocycles. The van der Waals surface area contributed by atoms with Crippen LogP contribution in [0.1, 0.15) is 38.5 Å². The molecule has 0 amide bonds. The molecule has 41 heavy (non-hydrogen) atoms. The van der Waals surface area contributed by atoms with Crippen LogP contribution in [-0.2, 0) is 18.9 Å². The van der Waals surface area contributed by atoms with Crippen LogP contribution in [0, 0.1) is 11.8 Å². The average Bonchev–Trinajstić information content (AvgIpc) is 2.94. The van der Waals surface area contributed by atoms with E-state index in [9.17, 15) is 51.1 Å². The van der Waals surface area contributed by atoms with Crippen LogP contribution in [0.3, 0.4) is 0 Å². The Morgan fingerprint density at radius 2 is 1.41 bits per heavy atom. The summed E-state index contributed by atoms with van der Waals surface area (Å²) in [6.07, 6.45) is -16.4. The second-order valence-corrected chi connectivity index (χ2v) is 12.2. The third kappa shape index (κ3) is 6.60. The summed E-state index contributed by atoms with van der Waals surface area (Å²) < 4.78 is 27.8. The van der Waals surface area contributed by atoms with E-state index in [1.54, 1.807) is 0 Å². The zero-order valence-electron chi connectivity index (χ0n) is 22.6. The molecule has 0 radical (unpaired) electrons. The summed E-state index contributed by atoms with van der Waals surface area (Å²) in [6, 6.07) is 0. The van der Waals surface area contributed by atoms with Crippen LogP contribution in [0.5, 0.6) is 0 Å². The third-order valence-electron chi connectivity index (χ3n) is 9.44. The fourth-order valence-electron chi connectivity index (χ4n) is 7.06. The predicted molar refractivity (Wildman–Crippen MR) is 134 cm³/mol. The van der Waals surface area contributed by atoms with E-state index in [1.165, 1.54) is 0 Å². The van der Waals surface area contributed by atoms with Crippen molar-refractivity contribution in [3.8, 4) is 0 Å². The van der Waals surface area contributed by atoms with E-state index in [4.69, 9.17) is 23.7 Å². The standard InChI is InChI=1S/C26H44O15/c27-7-18-24(41-25-21(35)19(33)15(32)8-37-25)20(34)22(36)26(40-18)39-17-6-11-13(30)4-10(28)5-16(11)38-23(17)9-1-2-12(29)14(31)3-9/h9-36H,1-8H2/p+1/t9?,10?,11?,12?,13?,14?,15-,16?,17?,18-,19+,20-,21-,22-,23?,24-,25-,26-/m1/s1. The van der Waals surface area contributed by atoms with E-state index in [0.29, 0.717) is 25.7 Å². The van der Waals surface area contributed by atoms with E-state index in [-0.39, 0.29) is 37.4 Å². The molecule has 0 spiro atoms. The predicted octanol–water partition coefficient (Wildman–Crippen LogP) is -5.04. The van der Waals surface area contributed by atoms with Crippen LogP contribution in [0.15, 0.2) is 0 Å². The fraction of sp³-hybridized carbons (Fsp3) is 1.00. The summed E-state index contributed by atoms with van der Waals surface area (Å²) in [4.78, 5) is 0. The molecule has 0 aromatic rings. The van der Waals surface area contributed by atoms with Crippen LogP contribution in [0.25, 0.3) is 0 Å². The number of aliphatic hydroxyl groups is 12. The first kappa shape index (κ1) is 31.8. The summed E-state index contributed by atoms with van der Waals surface area (Å²) >= 11 is 0. The summed E-state index contributed by atoms with van der Waals surface area (Å²) in [5, 5.41) is 103. The molecule has 15 heteroatoms. The van der Waals surface area contributed by atoms with Crippen LogP contribution in [-0.4, -0.2) is 167 Å². The maximum Gasteiger partial charge on any atom is 0.187 e. The topological polar surface area (TPSA) is 252 Å². The van der Waals surface area contributed by atoms with E-state index in [0.717, 1.165) is 0 Å². The van der Waals surface area contributed by atoms with Gasteiger partial charge in [-0.05, 0) is 25.7 Å². The maximum absolute atomic E-state index is 11.0. The van der Waals surface area contributed by atoms with Gasteiger partial charge in [-0.2, -0.15) is 0 Å². The van der Waals surface area contributed by atoms with Gasteiger partial charge in [0, 0.05) is 18.8 Å². The number of hydrogen-bond acceptors (Lipinski definition) is 14. The largest absolute Gasteiger partial charge is 0.427 e. The Bertz CT molecular complexity index is 850. The molecule has 2 aliphatic carbocycles. The van der Waals surface area contributed by atoms with Crippen LogP contribution in [0.2, 0.25) is 0 Å². The van der Waals surface area contributed by atoms with E-state index >= 15 is 0 Å². The molecule has 15 nitrogen and oxygen atoms in total. The average molecular weight is 598 g/mol. The molecule has 0 aromatic heterocycles. The minimum atomic E-state index is -1.69. The first-order chi connectivity index (χ1) is 19.5. The Morgan fingerprint density at radius 3 is 2.12 bits per heavy atom. The Hall–Kier alpha value is -0.600. The molecule has 5 rings (SSSR count). The lowest BCUT2D eigenvalue weighted by Gasteiger charge is -2.49. The smallest absolute Gasteiger partial charge is 0.187 e. The highest BCUT2D eigenvalue weighted by Crippen LogP contribution is 2.42. The molecule has 2 saturated carbocycles. The van der Waals surface area contributed by atoms with Crippen LogP contribution in [0.4, 0.5) is 0 Å². The van der Waals surface area contributed by atoms with Gasteiger partial charge in [-0.1, -0.05) is 0 Å². The van der Waals surface area contributed by atoms with Gasteiger partial charge >= 0.3 is 0 Å². The molecule has 5 aliphatic rings. The quantitative estimate of drug-likeness (QED) is 0.129. The molecule has 3 saturated heterocycles. The molecule has 11 N–H and O–H groups in total. The van der Waals surface area contributed by atoms with Crippen molar-refractivity contribution in [2.75, 3.05) is 13.2 Å². The van der Waals surface area contributed by atoms with Crippen molar-refractivity contribution in [1.29, 1.82) is 0 Å². The summed E-state index contributed by atoms with van der Waals surface area (Å²) in [6.45, 7) is -1.02. The minimum absolute atomic E-state index is 0.191. The second-order valence-electron chi connectivity index (χ2n) is 12.2. The van der Waals surface area contributed by atoms with Gasteiger partial charge in [0.25, 0.3) is 0 Å². The van der Waals surface area contributed by atoms with Crippen molar-refractivity contribution in [3.63, 3.8) is 0 Å². The molecule has 18 atom stereocenters. The third-order valence-corrected chi connectivity index (χ3v) is 9.44. The van der Waals surface area contributed by atoms with Gasteiger partial charge in [-0.25, -0.2) is 0 Å². The monoisotopic (exact) mass is 597 g/mol. The van der Waals surface area contributed by atoms with Gasteiger partial charge in [0.15, 0.2) is 24.8 Å². The van der Waals surface area contributed by atoms with Crippen molar-refractivity contribution >= 4 is 0 Å². The molecule has 9 unspecified atom stereocenters. The summed E-state index contributed by atoms with van der Waals surface area (Å²) in [5.41, 5.74) is 0. The summed E-state index contributed by atoms with van der Waals surface area (Å²) in [5.74, 6) is -0.529. The van der Waals surface area contributed by atoms with Crippen LogP contribution >= 0.6 is 0 Å². The van der Waals surface area contributed by atoms with E-state index in [1.807, 2.05) is 0 Å². The fourth-order valence-corrected chi connectivity index (χ4v) is 7.06. The SMILES string of the molecule is OC[C@H]1O[C@@H](OC2CC3C(O)CC(O)CC3[OH+]C2C2CCC(O)C(O)C2)[C@H](O)[C@@H](O)[C@@H]1O[C@H]1OC[C@@H](O)[C@H](O)[C@H]1O. The Kier molecular flexibility index (Phi) is 10.2. The highest BCUT2D eigenvalue weighted by atomic mass is 16.7. The molecule has 5 fully saturated rings. The van der Waals surface area contributed by atoms with Gasteiger partial charge in [0.1, 0.15) is 48.8 Å². The number of fused-ring (bicyclic) bond motifs is 1. The molecular formula is C26H45O15+. The summed E-state index contributed by atoms with van der Waals surface area (Å²) in [7, 11) is 0. The zero-order chi connectivity index (χ0) is 29.6. The van der Waals surface area contributed by atoms with E-state index < -0.39 is 98.5 Å².